The van der Waals surface area contributed by atoms with Crippen molar-refractivity contribution in [2.45, 2.75) is 6.04 Å². The van der Waals surface area contributed by atoms with Gasteiger partial charge in [0.15, 0.2) is 0 Å². The third-order valence-electron chi connectivity index (χ3n) is 4.08. The average Bonchev–Trinajstić information content (AvgIpc) is 3.18. The van der Waals surface area contributed by atoms with Gasteiger partial charge in [-0.1, -0.05) is 70.0 Å². The Hall–Kier alpha value is -2.63. The molecule has 27 heavy (non-hydrogen) atoms. The Balaban J connectivity index is 1.71. The molecule has 4 aromatic rings. The summed E-state index contributed by atoms with van der Waals surface area (Å²) in [5.41, 5.74) is 2.69. The molecular weight excluding hydrogens is 426 g/mol. The molecular formula is C21H15BrClN3O. The molecule has 0 unspecified atom stereocenters. The molecule has 1 aromatic heterocycles. The van der Waals surface area contributed by atoms with E-state index in [1.54, 1.807) is 6.07 Å². The Morgan fingerprint density at radius 2 is 1.56 bits per heavy atom. The van der Waals surface area contributed by atoms with Gasteiger partial charge in [0.25, 0.3) is 0 Å². The molecule has 0 fully saturated rings. The van der Waals surface area contributed by atoms with Crippen LogP contribution in [0.5, 0.6) is 0 Å². The smallest absolute Gasteiger partial charge is 0.249 e. The van der Waals surface area contributed by atoms with Crippen LogP contribution < -0.4 is 5.32 Å². The summed E-state index contributed by atoms with van der Waals surface area (Å²) in [6.45, 7) is 0. The summed E-state index contributed by atoms with van der Waals surface area (Å²) in [5.74, 6) is 0.869. The number of aromatic nitrogens is 2. The minimum absolute atomic E-state index is 0.281. The van der Waals surface area contributed by atoms with E-state index in [4.69, 9.17) is 16.0 Å². The summed E-state index contributed by atoms with van der Waals surface area (Å²) in [6.07, 6.45) is 0. The summed E-state index contributed by atoms with van der Waals surface area (Å²) >= 11 is 9.72. The van der Waals surface area contributed by atoms with E-state index in [9.17, 15) is 0 Å². The minimum atomic E-state index is -0.281. The molecule has 0 aliphatic heterocycles. The lowest BCUT2D eigenvalue weighted by Crippen LogP contribution is -2.12. The van der Waals surface area contributed by atoms with E-state index < -0.39 is 0 Å². The molecule has 4 rings (SSSR count). The van der Waals surface area contributed by atoms with Gasteiger partial charge in [0.05, 0.1) is 10.6 Å². The Bertz CT molecular complexity index is 1030. The number of anilines is 1. The molecule has 4 nitrogen and oxygen atoms in total. The Kier molecular flexibility index (Phi) is 5.23. The zero-order valence-electron chi connectivity index (χ0n) is 14.1. The van der Waals surface area contributed by atoms with Crippen molar-refractivity contribution >= 4 is 33.2 Å². The minimum Gasteiger partial charge on any atom is -0.418 e. The quantitative estimate of drug-likeness (QED) is 0.392. The highest BCUT2D eigenvalue weighted by Gasteiger charge is 2.22. The molecule has 1 heterocycles. The van der Waals surface area contributed by atoms with Gasteiger partial charge in [-0.2, -0.15) is 0 Å². The molecule has 0 saturated heterocycles. The van der Waals surface area contributed by atoms with Crippen LogP contribution in [0.15, 0.2) is 87.8 Å². The van der Waals surface area contributed by atoms with Crippen LogP contribution in [0.2, 0.25) is 5.02 Å². The number of nitrogens with one attached hydrogen (secondary N) is 1. The fourth-order valence-electron chi connectivity index (χ4n) is 2.74. The van der Waals surface area contributed by atoms with Crippen molar-refractivity contribution in [3.05, 3.63) is 99.8 Å². The summed E-state index contributed by atoms with van der Waals surface area (Å²) in [6, 6.07) is 25.1. The Morgan fingerprint density at radius 3 is 2.30 bits per heavy atom. The van der Waals surface area contributed by atoms with Gasteiger partial charge in [-0.15, -0.1) is 10.2 Å². The standard InChI is InChI=1S/C21H15BrClN3O/c22-15-10-12-16(13-11-15)24-19(14-6-2-1-3-7-14)21-26-25-20(27-21)17-8-4-5-9-18(17)23/h1-13,19,24H/t19-/m1/s1. The molecule has 0 amide bonds. The lowest BCUT2D eigenvalue weighted by atomic mass is 10.1. The predicted molar refractivity (Wildman–Crippen MR) is 111 cm³/mol. The molecule has 0 spiro atoms. The third kappa shape index (κ3) is 4.04. The van der Waals surface area contributed by atoms with Crippen LogP contribution in [0.3, 0.4) is 0 Å². The van der Waals surface area contributed by atoms with Gasteiger partial charge in [0.1, 0.15) is 6.04 Å². The maximum absolute atomic E-state index is 6.26. The number of benzene rings is 3. The van der Waals surface area contributed by atoms with Gasteiger partial charge in [0.2, 0.25) is 11.8 Å². The number of hydrogen-bond acceptors (Lipinski definition) is 4. The van der Waals surface area contributed by atoms with Crippen LogP contribution in [0.4, 0.5) is 5.69 Å². The predicted octanol–water partition coefficient (Wildman–Crippen LogP) is 6.35. The van der Waals surface area contributed by atoms with E-state index in [1.165, 1.54) is 0 Å². The number of halogens is 2. The highest BCUT2D eigenvalue weighted by atomic mass is 79.9. The van der Waals surface area contributed by atoms with Gasteiger partial charge >= 0.3 is 0 Å². The molecule has 1 N–H and O–H groups in total. The SMILES string of the molecule is Clc1ccccc1-c1nnc([C@H](Nc2ccc(Br)cc2)c2ccccc2)o1. The van der Waals surface area contributed by atoms with Gasteiger partial charge in [-0.3, -0.25) is 0 Å². The lowest BCUT2D eigenvalue weighted by Gasteiger charge is -2.17. The van der Waals surface area contributed by atoms with E-state index in [-0.39, 0.29) is 6.04 Å². The molecule has 1 atom stereocenters. The fourth-order valence-corrected chi connectivity index (χ4v) is 3.22. The van der Waals surface area contributed by atoms with Gasteiger partial charge in [-0.05, 0) is 42.0 Å². The number of rotatable bonds is 5. The molecule has 0 aliphatic rings. The van der Waals surface area contributed by atoms with Crippen molar-refractivity contribution in [3.63, 3.8) is 0 Å². The number of hydrogen-bond donors (Lipinski definition) is 1. The van der Waals surface area contributed by atoms with Crippen LogP contribution in [-0.4, -0.2) is 10.2 Å². The summed E-state index contributed by atoms with van der Waals surface area (Å²) < 4.78 is 7.00. The number of nitrogens with zero attached hydrogens (tertiary/aromatic N) is 2. The zero-order chi connectivity index (χ0) is 18.6. The van der Waals surface area contributed by atoms with Crippen molar-refractivity contribution in [1.29, 1.82) is 0 Å². The van der Waals surface area contributed by atoms with Crippen molar-refractivity contribution in [2.75, 3.05) is 5.32 Å². The topological polar surface area (TPSA) is 51.0 Å². The first-order valence-electron chi connectivity index (χ1n) is 8.36. The van der Waals surface area contributed by atoms with Crippen LogP contribution in [-0.2, 0) is 0 Å². The molecule has 134 valence electrons. The summed E-state index contributed by atoms with van der Waals surface area (Å²) in [7, 11) is 0. The molecule has 0 bridgehead atoms. The molecule has 6 heteroatoms. The van der Waals surface area contributed by atoms with E-state index in [0.29, 0.717) is 22.4 Å². The van der Waals surface area contributed by atoms with E-state index in [1.807, 2.05) is 72.8 Å². The first kappa shape index (κ1) is 17.8. The summed E-state index contributed by atoms with van der Waals surface area (Å²) in [5, 5.41) is 12.5. The van der Waals surface area contributed by atoms with Gasteiger partial charge in [0, 0.05) is 10.2 Å². The highest BCUT2D eigenvalue weighted by Crippen LogP contribution is 2.31. The maximum atomic E-state index is 6.26. The van der Waals surface area contributed by atoms with Crippen molar-refractivity contribution in [3.8, 4) is 11.5 Å². The normalized spacial score (nSPS) is 11.9. The van der Waals surface area contributed by atoms with E-state index in [2.05, 4.69) is 31.4 Å². The van der Waals surface area contributed by atoms with E-state index >= 15 is 0 Å². The summed E-state index contributed by atoms with van der Waals surface area (Å²) in [4.78, 5) is 0. The van der Waals surface area contributed by atoms with Crippen molar-refractivity contribution < 1.29 is 4.42 Å². The average molecular weight is 441 g/mol. The molecule has 0 aliphatic carbocycles. The second-order valence-corrected chi connectivity index (χ2v) is 7.24. The van der Waals surface area contributed by atoms with Crippen LogP contribution in [0.1, 0.15) is 17.5 Å². The largest absolute Gasteiger partial charge is 0.418 e. The van der Waals surface area contributed by atoms with Gasteiger partial charge < -0.3 is 9.73 Å². The van der Waals surface area contributed by atoms with Crippen LogP contribution >= 0.6 is 27.5 Å². The second-order valence-electron chi connectivity index (χ2n) is 5.92. The zero-order valence-corrected chi connectivity index (χ0v) is 16.5. The molecule has 0 saturated carbocycles. The van der Waals surface area contributed by atoms with Crippen molar-refractivity contribution in [2.24, 2.45) is 0 Å². The molecule has 0 radical (unpaired) electrons. The van der Waals surface area contributed by atoms with Crippen LogP contribution in [0, 0.1) is 0 Å². The van der Waals surface area contributed by atoms with Crippen LogP contribution in [0.25, 0.3) is 11.5 Å². The van der Waals surface area contributed by atoms with Crippen molar-refractivity contribution in [1.82, 2.24) is 10.2 Å². The third-order valence-corrected chi connectivity index (χ3v) is 4.94. The monoisotopic (exact) mass is 439 g/mol. The molecule has 3 aromatic carbocycles. The Morgan fingerprint density at radius 1 is 0.852 bits per heavy atom. The fraction of sp³-hybridized carbons (Fsp3) is 0.0476. The van der Waals surface area contributed by atoms with E-state index in [0.717, 1.165) is 15.7 Å². The first-order valence-corrected chi connectivity index (χ1v) is 9.53. The Labute approximate surface area is 170 Å². The highest BCUT2D eigenvalue weighted by molar-refractivity contribution is 9.10. The first-order chi connectivity index (χ1) is 13.2. The lowest BCUT2D eigenvalue weighted by molar-refractivity contribution is 0.494. The van der Waals surface area contributed by atoms with Gasteiger partial charge in [-0.25, -0.2) is 0 Å². The maximum Gasteiger partial charge on any atom is 0.249 e. The second kappa shape index (κ2) is 7.94.